The highest BCUT2D eigenvalue weighted by Gasteiger charge is 2.13. The van der Waals surface area contributed by atoms with Crippen LogP contribution in [0, 0.1) is 0 Å². The lowest BCUT2D eigenvalue weighted by atomic mass is 10.1. The molecular weight excluding hydrogens is 466 g/mol. The maximum atomic E-state index is 13.0. The van der Waals surface area contributed by atoms with E-state index in [-0.39, 0.29) is 18.2 Å². The van der Waals surface area contributed by atoms with Gasteiger partial charge in [-0.05, 0) is 41.5 Å². The summed E-state index contributed by atoms with van der Waals surface area (Å²) in [7, 11) is 0. The third-order valence-electron chi connectivity index (χ3n) is 6.14. The van der Waals surface area contributed by atoms with Crippen LogP contribution in [0.25, 0.3) is 5.69 Å². The fourth-order valence-electron chi connectivity index (χ4n) is 4.27. The van der Waals surface area contributed by atoms with Gasteiger partial charge in [0.2, 0.25) is 5.91 Å². The number of amides is 2. The van der Waals surface area contributed by atoms with E-state index in [1.165, 1.54) is 0 Å². The number of carbonyl (C=O) groups excluding carboxylic acids is 2. The first-order valence-corrected chi connectivity index (χ1v) is 12.3. The van der Waals surface area contributed by atoms with E-state index >= 15 is 0 Å². The summed E-state index contributed by atoms with van der Waals surface area (Å²) in [6, 6.07) is 24.7. The number of hydrogen-bond acceptors (Lipinski definition) is 5. The molecule has 1 aliphatic heterocycles. The number of nitrogens with zero attached hydrogens (tertiary/aromatic N) is 3. The summed E-state index contributed by atoms with van der Waals surface area (Å²) >= 11 is 0. The Balaban J connectivity index is 1.21. The predicted octanol–water partition coefficient (Wildman–Crippen LogP) is 4.14. The summed E-state index contributed by atoms with van der Waals surface area (Å²) in [6.45, 7) is 4.16. The standard InChI is InChI=1S/C29H29N5O3/c35-28(17-22-6-2-1-3-7-22)31-26-19-30-34(21-26)27-11-5-9-24(18-27)29(36)32-25-10-4-8-23(16-25)20-33-12-14-37-15-13-33/h1-11,16,18-19,21H,12-15,17,20H2,(H,31,35)(H,32,36). The zero-order valence-electron chi connectivity index (χ0n) is 20.5. The third-order valence-corrected chi connectivity index (χ3v) is 6.14. The second-order valence-electron chi connectivity index (χ2n) is 8.98. The van der Waals surface area contributed by atoms with Crippen LogP contribution in [-0.2, 0) is 22.5 Å². The Hall–Kier alpha value is -4.27. The largest absolute Gasteiger partial charge is 0.379 e. The molecule has 0 unspecified atom stereocenters. The third kappa shape index (κ3) is 6.69. The lowest BCUT2D eigenvalue weighted by Crippen LogP contribution is -2.35. The molecule has 1 saturated heterocycles. The van der Waals surface area contributed by atoms with Crippen molar-refractivity contribution in [3.8, 4) is 5.69 Å². The summed E-state index contributed by atoms with van der Waals surface area (Å²) < 4.78 is 7.06. The average molecular weight is 496 g/mol. The minimum Gasteiger partial charge on any atom is -0.379 e. The van der Waals surface area contributed by atoms with Crippen molar-refractivity contribution in [3.05, 3.63) is 108 Å². The predicted molar refractivity (Wildman–Crippen MR) is 143 cm³/mol. The molecule has 8 nitrogen and oxygen atoms in total. The quantitative estimate of drug-likeness (QED) is 0.384. The molecule has 37 heavy (non-hydrogen) atoms. The van der Waals surface area contributed by atoms with Gasteiger partial charge in [0, 0.05) is 30.9 Å². The van der Waals surface area contributed by atoms with Gasteiger partial charge in [0.25, 0.3) is 5.91 Å². The average Bonchev–Trinajstić information content (AvgIpc) is 3.38. The van der Waals surface area contributed by atoms with E-state index < -0.39 is 0 Å². The molecule has 8 heteroatoms. The topological polar surface area (TPSA) is 88.5 Å². The molecule has 0 spiro atoms. The van der Waals surface area contributed by atoms with Gasteiger partial charge >= 0.3 is 0 Å². The van der Waals surface area contributed by atoms with E-state index in [4.69, 9.17) is 4.74 Å². The number of morpholine rings is 1. The molecule has 0 atom stereocenters. The van der Waals surface area contributed by atoms with E-state index in [2.05, 4.69) is 26.7 Å². The van der Waals surface area contributed by atoms with Gasteiger partial charge in [0.15, 0.2) is 0 Å². The number of rotatable bonds is 8. The van der Waals surface area contributed by atoms with E-state index in [0.717, 1.165) is 55.3 Å². The van der Waals surface area contributed by atoms with E-state index in [9.17, 15) is 9.59 Å². The van der Waals surface area contributed by atoms with Gasteiger partial charge in [-0.3, -0.25) is 14.5 Å². The second-order valence-corrected chi connectivity index (χ2v) is 8.98. The van der Waals surface area contributed by atoms with Crippen LogP contribution in [0.5, 0.6) is 0 Å². The second kappa shape index (κ2) is 11.6. The molecule has 0 saturated carbocycles. The lowest BCUT2D eigenvalue weighted by molar-refractivity contribution is -0.115. The Morgan fingerprint density at radius 1 is 0.838 bits per heavy atom. The molecule has 0 radical (unpaired) electrons. The van der Waals surface area contributed by atoms with Crippen LogP contribution in [0.2, 0.25) is 0 Å². The fraction of sp³-hybridized carbons (Fsp3) is 0.207. The fourth-order valence-corrected chi connectivity index (χ4v) is 4.27. The molecule has 1 aromatic heterocycles. The lowest BCUT2D eigenvalue weighted by Gasteiger charge is -2.26. The van der Waals surface area contributed by atoms with Crippen LogP contribution >= 0.6 is 0 Å². The number of anilines is 2. The molecule has 2 N–H and O–H groups in total. The van der Waals surface area contributed by atoms with Crippen molar-refractivity contribution in [1.82, 2.24) is 14.7 Å². The normalized spacial score (nSPS) is 13.7. The van der Waals surface area contributed by atoms with E-state index in [0.29, 0.717) is 11.3 Å². The van der Waals surface area contributed by atoms with Gasteiger partial charge in [0.1, 0.15) is 0 Å². The molecule has 5 rings (SSSR count). The first-order chi connectivity index (χ1) is 18.1. The van der Waals surface area contributed by atoms with Crippen LogP contribution in [0.4, 0.5) is 11.4 Å². The van der Waals surface area contributed by atoms with Gasteiger partial charge in [-0.1, -0.05) is 48.5 Å². The SMILES string of the molecule is O=C(Cc1ccccc1)Nc1cnn(-c2cccc(C(=O)Nc3cccc(CN4CCOCC4)c3)c2)c1. The van der Waals surface area contributed by atoms with Crippen LogP contribution in [0.3, 0.4) is 0 Å². The summed E-state index contributed by atoms with van der Waals surface area (Å²) in [5.41, 5.74) is 4.67. The van der Waals surface area contributed by atoms with Crippen molar-refractivity contribution >= 4 is 23.2 Å². The molecule has 0 aliphatic carbocycles. The Morgan fingerprint density at radius 2 is 1.62 bits per heavy atom. The van der Waals surface area contributed by atoms with E-state index in [1.54, 1.807) is 29.2 Å². The molecule has 1 fully saturated rings. The first kappa shape index (κ1) is 24.4. The number of hydrogen-bond donors (Lipinski definition) is 2. The zero-order valence-corrected chi connectivity index (χ0v) is 20.5. The molecule has 2 heterocycles. The van der Waals surface area contributed by atoms with E-state index in [1.807, 2.05) is 60.7 Å². The zero-order chi connectivity index (χ0) is 25.5. The summed E-state index contributed by atoms with van der Waals surface area (Å²) in [6.07, 6.45) is 3.61. The minimum absolute atomic E-state index is 0.116. The Bertz CT molecular complexity index is 1360. The van der Waals surface area contributed by atoms with Crippen molar-refractivity contribution in [2.75, 3.05) is 36.9 Å². The molecule has 1 aliphatic rings. The monoisotopic (exact) mass is 495 g/mol. The van der Waals surface area contributed by atoms with Crippen molar-refractivity contribution in [1.29, 1.82) is 0 Å². The molecule has 2 amide bonds. The summed E-state index contributed by atoms with van der Waals surface area (Å²) in [5, 5.41) is 10.2. The summed E-state index contributed by atoms with van der Waals surface area (Å²) in [5.74, 6) is -0.316. The van der Waals surface area contributed by atoms with Crippen LogP contribution in [0.1, 0.15) is 21.5 Å². The van der Waals surface area contributed by atoms with Crippen LogP contribution in [-0.4, -0.2) is 52.8 Å². The minimum atomic E-state index is -0.200. The highest BCUT2D eigenvalue weighted by molar-refractivity contribution is 6.04. The number of nitrogens with one attached hydrogen (secondary N) is 2. The van der Waals surface area contributed by atoms with Crippen molar-refractivity contribution < 1.29 is 14.3 Å². The smallest absolute Gasteiger partial charge is 0.255 e. The van der Waals surface area contributed by atoms with Gasteiger partial charge in [-0.25, -0.2) is 4.68 Å². The number of carbonyl (C=O) groups is 2. The van der Waals surface area contributed by atoms with Crippen molar-refractivity contribution in [2.45, 2.75) is 13.0 Å². The number of aromatic nitrogens is 2. The number of benzene rings is 3. The van der Waals surface area contributed by atoms with Gasteiger partial charge in [0.05, 0.1) is 43.4 Å². The molecule has 3 aromatic carbocycles. The Kier molecular flexibility index (Phi) is 7.69. The molecule has 188 valence electrons. The molecule has 0 bridgehead atoms. The van der Waals surface area contributed by atoms with Gasteiger partial charge < -0.3 is 15.4 Å². The maximum Gasteiger partial charge on any atom is 0.255 e. The molecular formula is C29H29N5O3. The van der Waals surface area contributed by atoms with Gasteiger partial charge in [-0.15, -0.1) is 0 Å². The Labute approximate surface area is 215 Å². The molecule has 4 aromatic rings. The van der Waals surface area contributed by atoms with Crippen molar-refractivity contribution in [2.24, 2.45) is 0 Å². The van der Waals surface area contributed by atoms with Gasteiger partial charge in [-0.2, -0.15) is 5.10 Å². The maximum absolute atomic E-state index is 13.0. The first-order valence-electron chi connectivity index (χ1n) is 12.3. The van der Waals surface area contributed by atoms with Crippen LogP contribution in [0.15, 0.2) is 91.3 Å². The summed E-state index contributed by atoms with van der Waals surface area (Å²) in [4.78, 5) is 27.7. The highest BCUT2D eigenvalue weighted by Crippen LogP contribution is 2.17. The highest BCUT2D eigenvalue weighted by atomic mass is 16.5. The van der Waals surface area contributed by atoms with Crippen molar-refractivity contribution in [3.63, 3.8) is 0 Å². The van der Waals surface area contributed by atoms with Crippen LogP contribution < -0.4 is 10.6 Å². The number of ether oxygens (including phenoxy) is 1. The Morgan fingerprint density at radius 3 is 2.46 bits per heavy atom.